The van der Waals surface area contributed by atoms with Gasteiger partial charge in [0.1, 0.15) is 5.69 Å². The Morgan fingerprint density at radius 2 is 2.24 bits per heavy atom. The molecule has 1 amide bonds. The quantitative estimate of drug-likeness (QED) is 0.565. The number of para-hydroxylation sites is 1. The smallest absolute Gasteiger partial charge is 0.333 e. The predicted molar refractivity (Wildman–Crippen MR) is 78.5 cm³/mol. The molecule has 0 radical (unpaired) electrons. The van der Waals surface area contributed by atoms with E-state index in [1.165, 1.54) is 0 Å². The number of nitrogens with one attached hydrogen (secondary N) is 2. The molecule has 1 fully saturated rings. The van der Waals surface area contributed by atoms with E-state index in [1.54, 1.807) is 18.2 Å². The standard InChI is InChI=1S/C14H19N3O4/c1-2-8-21-12-5-3-4-11(14(12)17(19)20)15-9-13(18)16-10-6-7-10/h3-5,10,15H,2,6-9H2,1H3,(H,16,18). The summed E-state index contributed by atoms with van der Waals surface area (Å²) in [6.07, 6.45) is 2.77. The SMILES string of the molecule is CCCOc1cccc(NCC(=O)NC2CC2)c1[N+](=O)[O-]. The summed E-state index contributed by atoms with van der Waals surface area (Å²) in [5.74, 6) is 0.0566. The van der Waals surface area contributed by atoms with Crippen LogP contribution in [0.15, 0.2) is 18.2 Å². The zero-order chi connectivity index (χ0) is 15.2. The van der Waals surface area contributed by atoms with Crippen molar-refractivity contribution >= 4 is 17.3 Å². The molecule has 7 heteroatoms. The molecule has 0 aromatic heterocycles. The molecule has 2 rings (SSSR count). The third-order valence-corrected chi connectivity index (χ3v) is 3.03. The summed E-state index contributed by atoms with van der Waals surface area (Å²) in [6, 6.07) is 5.07. The minimum Gasteiger partial charge on any atom is -0.487 e. The number of hydrogen-bond acceptors (Lipinski definition) is 5. The number of hydrogen-bond donors (Lipinski definition) is 2. The molecule has 114 valence electrons. The molecule has 1 saturated carbocycles. The number of nitro benzene ring substituents is 1. The molecule has 0 heterocycles. The van der Waals surface area contributed by atoms with Gasteiger partial charge >= 0.3 is 5.69 Å². The average molecular weight is 293 g/mol. The number of carbonyl (C=O) groups excluding carboxylic acids is 1. The molecule has 7 nitrogen and oxygen atoms in total. The molecule has 1 aromatic rings. The first-order valence-electron chi connectivity index (χ1n) is 7.05. The largest absolute Gasteiger partial charge is 0.487 e. The van der Waals surface area contributed by atoms with Crippen LogP contribution in [0.5, 0.6) is 5.75 Å². The van der Waals surface area contributed by atoms with Crippen LogP contribution in [0.4, 0.5) is 11.4 Å². The van der Waals surface area contributed by atoms with Gasteiger partial charge in [0.15, 0.2) is 5.75 Å². The first-order valence-corrected chi connectivity index (χ1v) is 7.05. The molecule has 2 N–H and O–H groups in total. The van der Waals surface area contributed by atoms with E-state index in [2.05, 4.69) is 10.6 Å². The van der Waals surface area contributed by atoms with E-state index >= 15 is 0 Å². The summed E-state index contributed by atoms with van der Waals surface area (Å²) >= 11 is 0. The Balaban J connectivity index is 2.05. The van der Waals surface area contributed by atoms with Crippen molar-refractivity contribution in [3.8, 4) is 5.75 Å². The van der Waals surface area contributed by atoms with Crippen LogP contribution in [0, 0.1) is 10.1 Å². The highest BCUT2D eigenvalue weighted by molar-refractivity contribution is 5.82. The number of carbonyl (C=O) groups is 1. The van der Waals surface area contributed by atoms with Crippen LogP contribution in [0.3, 0.4) is 0 Å². The lowest BCUT2D eigenvalue weighted by Crippen LogP contribution is -2.31. The van der Waals surface area contributed by atoms with Crippen LogP contribution in [-0.4, -0.2) is 30.0 Å². The van der Waals surface area contributed by atoms with Gasteiger partial charge < -0.3 is 15.4 Å². The Morgan fingerprint density at radius 3 is 2.86 bits per heavy atom. The maximum absolute atomic E-state index is 11.6. The molecule has 0 unspecified atom stereocenters. The second-order valence-corrected chi connectivity index (χ2v) is 4.95. The molecule has 0 aliphatic heterocycles. The molecular weight excluding hydrogens is 274 g/mol. The Labute approximate surface area is 122 Å². The van der Waals surface area contributed by atoms with E-state index in [0.29, 0.717) is 12.3 Å². The minimum atomic E-state index is -0.494. The van der Waals surface area contributed by atoms with Crippen molar-refractivity contribution in [2.75, 3.05) is 18.5 Å². The molecule has 21 heavy (non-hydrogen) atoms. The van der Waals surface area contributed by atoms with Crippen molar-refractivity contribution < 1.29 is 14.5 Å². The molecule has 0 atom stereocenters. The Bertz CT molecular complexity index is 529. The predicted octanol–water partition coefficient (Wildman–Crippen LogP) is 2.07. The summed E-state index contributed by atoms with van der Waals surface area (Å²) in [5.41, 5.74) is 0.157. The maximum atomic E-state index is 11.6. The lowest BCUT2D eigenvalue weighted by molar-refractivity contribution is -0.384. The molecule has 1 aromatic carbocycles. The number of amides is 1. The number of benzene rings is 1. The highest BCUT2D eigenvalue weighted by atomic mass is 16.6. The second kappa shape index (κ2) is 6.92. The van der Waals surface area contributed by atoms with Crippen LogP contribution < -0.4 is 15.4 Å². The number of nitro groups is 1. The summed E-state index contributed by atoms with van der Waals surface area (Å²) in [7, 11) is 0. The first kappa shape index (κ1) is 15.1. The highest BCUT2D eigenvalue weighted by Crippen LogP contribution is 2.34. The number of nitrogens with zero attached hydrogens (tertiary/aromatic N) is 1. The van der Waals surface area contributed by atoms with E-state index in [4.69, 9.17) is 4.74 Å². The van der Waals surface area contributed by atoms with Crippen LogP contribution in [0.2, 0.25) is 0 Å². The van der Waals surface area contributed by atoms with E-state index in [0.717, 1.165) is 19.3 Å². The van der Waals surface area contributed by atoms with Gasteiger partial charge in [-0.3, -0.25) is 14.9 Å². The zero-order valence-electron chi connectivity index (χ0n) is 11.9. The maximum Gasteiger partial charge on any atom is 0.333 e. The summed E-state index contributed by atoms with van der Waals surface area (Å²) in [4.78, 5) is 22.4. The van der Waals surface area contributed by atoms with Gasteiger partial charge in [0.05, 0.1) is 18.1 Å². The van der Waals surface area contributed by atoms with Crippen LogP contribution in [0.1, 0.15) is 26.2 Å². The Hall–Kier alpha value is -2.31. The third kappa shape index (κ3) is 4.34. The lowest BCUT2D eigenvalue weighted by atomic mass is 10.2. The summed E-state index contributed by atoms with van der Waals surface area (Å²) < 4.78 is 5.39. The molecule has 1 aliphatic rings. The van der Waals surface area contributed by atoms with E-state index < -0.39 is 4.92 Å². The van der Waals surface area contributed by atoms with Crippen molar-refractivity contribution in [2.45, 2.75) is 32.2 Å². The fourth-order valence-electron chi connectivity index (χ4n) is 1.86. The fourth-order valence-corrected chi connectivity index (χ4v) is 1.86. The van der Waals surface area contributed by atoms with Gasteiger partial charge in [0.25, 0.3) is 0 Å². The van der Waals surface area contributed by atoms with E-state index in [-0.39, 0.29) is 29.9 Å². The zero-order valence-corrected chi connectivity index (χ0v) is 11.9. The molecule has 0 spiro atoms. The topological polar surface area (TPSA) is 93.5 Å². The van der Waals surface area contributed by atoms with E-state index in [9.17, 15) is 14.9 Å². The van der Waals surface area contributed by atoms with Gasteiger partial charge in [-0.1, -0.05) is 13.0 Å². The van der Waals surface area contributed by atoms with Crippen molar-refractivity contribution in [2.24, 2.45) is 0 Å². The van der Waals surface area contributed by atoms with Crippen LogP contribution in [-0.2, 0) is 4.79 Å². The molecule has 1 aliphatic carbocycles. The fraction of sp³-hybridized carbons (Fsp3) is 0.500. The lowest BCUT2D eigenvalue weighted by Gasteiger charge is -2.11. The third-order valence-electron chi connectivity index (χ3n) is 3.03. The van der Waals surface area contributed by atoms with Gasteiger partial charge in [-0.15, -0.1) is 0 Å². The van der Waals surface area contributed by atoms with Crippen LogP contribution in [0.25, 0.3) is 0 Å². The van der Waals surface area contributed by atoms with Gasteiger partial charge in [-0.25, -0.2) is 0 Å². The number of rotatable bonds is 8. The van der Waals surface area contributed by atoms with Crippen molar-refractivity contribution in [1.82, 2.24) is 5.32 Å². The first-order chi connectivity index (χ1) is 10.1. The normalized spacial score (nSPS) is 13.6. The average Bonchev–Trinajstić information content (AvgIpc) is 3.26. The second-order valence-electron chi connectivity index (χ2n) is 4.95. The Kier molecular flexibility index (Phi) is 4.97. The van der Waals surface area contributed by atoms with Crippen molar-refractivity contribution in [1.29, 1.82) is 0 Å². The van der Waals surface area contributed by atoms with Crippen molar-refractivity contribution in [3.05, 3.63) is 28.3 Å². The van der Waals surface area contributed by atoms with Gasteiger partial charge in [-0.05, 0) is 31.4 Å². The van der Waals surface area contributed by atoms with Gasteiger partial charge in [0.2, 0.25) is 5.91 Å². The highest BCUT2D eigenvalue weighted by Gasteiger charge is 2.24. The molecule has 0 bridgehead atoms. The Morgan fingerprint density at radius 1 is 1.48 bits per heavy atom. The summed E-state index contributed by atoms with van der Waals surface area (Å²) in [6.45, 7) is 2.34. The van der Waals surface area contributed by atoms with Gasteiger partial charge in [0, 0.05) is 6.04 Å². The van der Waals surface area contributed by atoms with Crippen molar-refractivity contribution in [3.63, 3.8) is 0 Å². The van der Waals surface area contributed by atoms with Gasteiger partial charge in [-0.2, -0.15) is 0 Å². The number of anilines is 1. The molecule has 0 saturated heterocycles. The monoisotopic (exact) mass is 293 g/mol. The van der Waals surface area contributed by atoms with E-state index in [1.807, 2.05) is 6.92 Å². The minimum absolute atomic E-state index is 0.00850. The number of ether oxygens (including phenoxy) is 1. The summed E-state index contributed by atoms with van der Waals surface area (Å²) in [5, 5.41) is 16.9. The van der Waals surface area contributed by atoms with Crippen LogP contribution >= 0.6 is 0 Å². The molecular formula is C14H19N3O4.